The van der Waals surface area contributed by atoms with Crippen LogP contribution in [0.5, 0.6) is 0 Å². The fourth-order valence-corrected chi connectivity index (χ4v) is 4.05. The normalized spacial score (nSPS) is 12.3. The van der Waals surface area contributed by atoms with E-state index >= 15 is 0 Å². The third-order valence-corrected chi connectivity index (χ3v) is 5.58. The molecule has 0 aliphatic heterocycles. The summed E-state index contributed by atoms with van der Waals surface area (Å²) in [6, 6.07) is 9.58. The quantitative estimate of drug-likeness (QED) is 0.561. The molecule has 0 heterocycles. The van der Waals surface area contributed by atoms with E-state index in [1.807, 2.05) is 19.9 Å². The van der Waals surface area contributed by atoms with E-state index in [1.54, 1.807) is 19.1 Å². The first-order chi connectivity index (χ1) is 13.0. The van der Waals surface area contributed by atoms with E-state index in [4.69, 9.17) is 0 Å². The average molecular weight is 405 g/mol. The van der Waals surface area contributed by atoms with Crippen molar-refractivity contribution >= 4 is 33.0 Å². The molecule has 0 aliphatic carbocycles. The molecule has 0 saturated heterocycles. The lowest BCUT2D eigenvalue weighted by atomic mass is 10.1. The second kappa shape index (κ2) is 8.39. The van der Waals surface area contributed by atoms with Crippen LogP contribution in [0.2, 0.25) is 0 Å². The maximum Gasteiger partial charge on any atom is 0.271 e. The number of rotatable bonds is 7. The van der Waals surface area contributed by atoms with Crippen LogP contribution in [0.15, 0.2) is 42.5 Å². The summed E-state index contributed by atoms with van der Waals surface area (Å²) in [6.07, 6.45) is 1.16. The zero-order valence-electron chi connectivity index (χ0n) is 16.2. The van der Waals surface area contributed by atoms with Crippen LogP contribution in [-0.4, -0.2) is 31.5 Å². The highest BCUT2D eigenvalue weighted by atomic mass is 32.2. The summed E-state index contributed by atoms with van der Waals surface area (Å²) in [7, 11) is -3.87. The molecule has 28 heavy (non-hydrogen) atoms. The van der Waals surface area contributed by atoms with Crippen molar-refractivity contribution in [1.29, 1.82) is 0 Å². The predicted octanol–water partition coefficient (Wildman–Crippen LogP) is 3.39. The van der Waals surface area contributed by atoms with Crippen LogP contribution in [0.4, 0.5) is 17.1 Å². The second-order valence-electron chi connectivity index (χ2n) is 6.55. The van der Waals surface area contributed by atoms with Gasteiger partial charge in [0.25, 0.3) is 5.69 Å². The van der Waals surface area contributed by atoms with Crippen LogP contribution in [0.3, 0.4) is 0 Å². The van der Waals surface area contributed by atoms with Crippen molar-refractivity contribution in [2.45, 2.75) is 33.2 Å². The van der Waals surface area contributed by atoms with Crippen LogP contribution in [0.25, 0.3) is 0 Å². The number of amides is 1. The molecule has 8 nitrogen and oxygen atoms in total. The van der Waals surface area contributed by atoms with Crippen molar-refractivity contribution < 1.29 is 18.1 Å². The van der Waals surface area contributed by atoms with Gasteiger partial charge in [-0.1, -0.05) is 19.1 Å². The Balaban J connectivity index is 2.42. The zero-order chi connectivity index (χ0) is 21.1. The van der Waals surface area contributed by atoms with E-state index < -0.39 is 26.9 Å². The monoisotopic (exact) mass is 405 g/mol. The molecule has 0 aliphatic rings. The Morgan fingerprint density at radius 1 is 1.18 bits per heavy atom. The minimum atomic E-state index is -3.87. The molecule has 150 valence electrons. The number of hydrogen-bond donors (Lipinski definition) is 1. The summed E-state index contributed by atoms with van der Waals surface area (Å²) in [6.45, 7) is 5.54. The Bertz CT molecular complexity index is 1000. The summed E-state index contributed by atoms with van der Waals surface area (Å²) in [5.74, 6) is -0.511. The number of nitro groups is 1. The Kier molecular flexibility index (Phi) is 6.40. The first-order valence-corrected chi connectivity index (χ1v) is 10.5. The first kappa shape index (κ1) is 21.4. The molecule has 1 unspecified atom stereocenters. The van der Waals surface area contributed by atoms with Gasteiger partial charge in [0.1, 0.15) is 6.04 Å². The molecule has 0 saturated carbocycles. The van der Waals surface area contributed by atoms with Gasteiger partial charge in [0, 0.05) is 17.8 Å². The second-order valence-corrected chi connectivity index (χ2v) is 8.41. The Hall–Kier alpha value is -2.94. The molecular formula is C19H23N3O5S. The summed E-state index contributed by atoms with van der Waals surface area (Å²) in [5, 5.41) is 13.8. The van der Waals surface area contributed by atoms with Crippen LogP contribution in [0.1, 0.15) is 24.5 Å². The highest BCUT2D eigenvalue weighted by Gasteiger charge is 2.32. The van der Waals surface area contributed by atoms with Crippen LogP contribution in [-0.2, 0) is 14.8 Å². The number of carbonyl (C=O) groups excluding carboxylic acids is 1. The number of carbonyl (C=O) groups is 1. The molecule has 2 aromatic rings. The molecule has 0 spiro atoms. The van der Waals surface area contributed by atoms with Gasteiger partial charge in [-0.2, -0.15) is 0 Å². The van der Waals surface area contributed by atoms with Gasteiger partial charge in [-0.3, -0.25) is 19.2 Å². The first-order valence-electron chi connectivity index (χ1n) is 8.66. The topological polar surface area (TPSA) is 110 Å². The number of hydrogen-bond acceptors (Lipinski definition) is 5. The smallest absolute Gasteiger partial charge is 0.271 e. The van der Waals surface area contributed by atoms with E-state index in [-0.39, 0.29) is 17.8 Å². The summed E-state index contributed by atoms with van der Waals surface area (Å²) in [4.78, 5) is 23.3. The lowest BCUT2D eigenvalue weighted by Gasteiger charge is -2.30. The fourth-order valence-electron chi connectivity index (χ4n) is 2.85. The van der Waals surface area contributed by atoms with E-state index in [0.717, 1.165) is 27.8 Å². The number of non-ortho nitro benzene ring substituents is 1. The van der Waals surface area contributed by atoms with E-state index in [9.17, 15) is 23.3 Å². The third kappa shape index (κ3) is 4.86. The van der Waals surface area contributed by atoms with Gasteiger partial charge in [0.15, 0.2) is 0 Å². The Morgan fingerprint density at radius 2 is 1.86 bits per heavy atom. The van der Waals surface area contributed by atoms with E-state index in [1.165, 1.54) is 18.2 Å². The average Bonchev–Trinajstić information content (AvgIpc) is 2.61. The van der Waals surface area contributed by atoms with E-state index in [0.29, 0.717) is 5.69 Å². The van der Waals surface area contributed by atoms with Crippen molar-refractivity contribution in [2.24, 2.45) is 0 Å². The molecule has 2 aromatic carbocycles. The van der Waals surface area contributed by atoms with Gasteiger partial charge in [0.05, 0.1) is 16.9 Å². The van der Waals surface area contributed by atoms with Gasteiger partial charge in [0.2, 0.25) is 15.9 Å². The minimum absolute atomic E-state index is 0.0683. The maximum absolute atomic E-state index is 12.9. The van der Waals surface area contributed by atoms with Crippen molar-refractivity contribution in [1.82, 2.24) is 0 Å². The summed E-state index contributed by atoms with van der Waals surface area (Å²) < 4.78 is 25.8. The summed E-state index contributed by atoms with van der Waals surface area (Å²) >= 11 is 0. The molecule has 0 bridgehead atoms. The van der Waals surface area contributed by atoms with E-state index in [2.05, 4.69) is 5.32 Å². The number of nitrogens with zero attached hydrogens (tertiary/aromatic N) is 2. The molecule has 0 radical (unpaired) electrons. The lowest BCUT2D eigenvalue weighted by molar-refractivity contribution is -0.384. The van der Waals surface area contributed by atoms with Gasteiger partial charge in [-0.15, -0.1) is 0 Å². The standard InChI is InChI=1S/C19H23N3O5S/c1-5-18(19(23)20-15-10-9-13(2)14(3)11-15)21(28(4,26)27)16-7-6-8-17(12-16)22(24)25/h6-12,18H,5H2,1-4H3,(H,20,23). The number of sulfonamides is 1. The molecule has 0 aromatic heterocycles. The third-order valence-electron chi connectivity index (χ3n) is 4.40. The van der Waals surface area contributed by atoms with Gasteiger partial charge in [-0.25, -0.2) is 8.42 Å². The van der Waals surface area contributed by atoms with Crippen molar-refractivity contribution in [3.05, 3.63) is 63.7 Å². The van der Waals surface area contributed by atoms with Crippen LogP contribution >= 0.6 is 0 Å². The Morgan fingerprint density at radius 3 is 2.39 bits per heavy atom. The zero-order valence-corrected chi connectivity index (χ0v) is 17.0. The number of nitrogens with one attached hydrogen (secondary N) is 1. The molecular weight excluding hydrogens is 382 g/mol. The predicted molar refractivity (Wildman–Crippen MR) is 109 cm³/mol. The largest absolute Gasteiger partial charge is 0.324 e. The molecule has 2 rings (SSSR count). The SMILES string of the molecule is CCC(C(=O)Nc1ccc(C)c(C)c1)N(c1cccc([N+](=O)[O-])c1)S(C)(=O)=O. The molecule has 1 N–H and O–H groups in total. The fraction of sp³-hybridized carbons (Fsp3) is 0.316. The van der Waals surface area contributed by atoms with Crippen LogP contribution in [0, 0.1) is 24.0 Å². The maximum atomic E-state index is 12.9. The highest BCUT2D eigenvalue weighted by molar-refractivity contribution is 7.92. The van der Waals surface area contributed by atoms with Crippen molar-refractivity contribution in [3.63, 3.8) is 0 Å². The number of nitro benzene ring substituents is 1. The van der Waals surface area contributed by atoms with Gasteiger partial charge >= 0.3 is 0 Å². The highest BCUT2D eigenvalue weighted by Crippen LogP contribution is 2.27. The number of aryl methyl sites for hydroxylation is 2. The summed E-state index contributed by atoms with van der Waals surface area (Å²) in [5.41, 5.74) is 2.43. The Labute approximate surface area is 164 Å². The number of anilines is 2. The molecule has 1 atom stereocenters. The van der Waals surface area contributed by atoms with Crippen LogP contribution < -0.4 is 9.62 Å². The number of benzene rings is 2. The van der Waals surface area contributed by atoms with Crippen molar-refractivity contribution in [2.75, 3.05) is 15.9 Å². The van der Waals surface area contributed by atoms with Gasteiger partial charge in [-0.05, 0) is 49.6 Å². The minimum Gasteiger partial charge on any atom is -0.324 e. The van der Waals surface area contributed by atoms with Crippen molar-refractivity contribution in [3.8, 4) is 0 Å². The lowest BCUT2D eigenvalue weighted by Crippen LogP contribution is -2.47. The molecule has 0 fully saturated rings. The molecule has 9 heteroatoms. The molecule has 1 amide bonds. The van der Waals surface area contributed by atoms with Gasteiger partial charge < -0.3 is 5.32 Å².